The molecule has 0 fully saturated rings. The van der Waals surface area contributed by atoms with Gasteiger partial charge in [0.25, 0.3) is 0 Å². The van der Waals surface area contributed by atoms with Crippen molar-refractivity contribution in [3.63, 3.8) is 0 Å². The van der Waals surface area contributed by atoms with Gasteiger partial charge in [-0.25, -0.2) is 0 Å². The zero-order valence-corrected chi connectivity index (χ0v) is 12.6. The number of Topliss-reactive ketones (excluding diaryl/α,β-unsaturated/α-hetero) is 1. The Labute approximate surface area is 119 Å². The third kappa shape index (κ3) is 3.21. The highest BCUT2D eigenvalue weighted by molar-refractivity contribution is 9.10. The van der Waals surface area contributed by atoms with Crippen LogP contribution in [-0.2, 0) is 0 Å². The van der Waals surface area contributed by atoms with E-state index >= 15 is 0 Å². The molecule has 4 heteroatoms. The number of hydrogen-bond acceptors (Lipinski definition) is 3. The molecule has 0 aliphatic heterocycles. The molecule has 0 N–H and O–H groups in total. The number of aryl methyl sites for hydroxylation is 2. The molecule has 0 amide bonds. The van der Waals surface area contributed by atoms with E-state index in [9.17, 15) is 4.79 Å². The van der Waals surface area contributed by atoms with Crippen molar-refractivity contribution < 1.29 is 9.53 Å². The Morgan fingerprint density at radius 2 is 2.06 bits per heavy atom. The van der Waals surface area contributed by atoms with Crippen LogP contribution in [0.3, 0.4) is 0 Å². The smallest absolute Gasteiger partial charge is 0.210 e. The van der Waals surface area contributed by atoms with E-state index in [1.165, 1.54) is 11.3 Å². The molecular formula is C14H13BrO2S. The quantitative estimate of drug-likeness (QED) is 0.780. The lowest BCUT2D eigenvalue weighted by molar-refractivity contribution is 0.0925. The predicted molar refractivity (Wildman–Crippen MR) is 77.8 cm³/mol. The van der Waals surface area contributed by atoms with Gasteiger partial charge in [0.05, 0.1) is 9.35 Å². The Balaban J connectivity index is 2.01. The minimum atomic E-state index is 0.0144. The summed E-state index contributed by atoms with van der Waals surface area (Å²) in [5.74, 6) is 0.711. The molecule has 94 valence electrons. The minimum Gasteiger partial charge on any atom is -0.484 e. The fourth-order valence-corrected chi connectivity index (χ4v) is 2.92. The third-order valence-corrected chi connectivity index (χ3v) is 4.12. The van der Waals surface area contributed by atoms with Gasteiger partial charge in [0.2, 0.25) is 5.78 Å². The molecule has 0 atom stereocenters. The maximum absolute atomic E-state index is 11.9. The Morgan fingerprint density at radius 3 is 2.67 bits per heavy atom. The molecule has 1 heterocycles. The fraction of sp³-hybridized carbons (Fsp3) is 0.214. The van der Waals surface area contributed by atoms with Crippen molar-refractivity contribution >= 4 is 33.0 Å². The minimum absolute atomic E-state index is 0.0144. The van der Waals surface area contributed by atoms with Crippen LogP contribution < -0.4 is 4.74 Å². The molecule has 0 saturated heterocycles. The van der Waals surface area contributed by atoms with E-state index in [0.29, 0.717) is 5.75 Å². The molecule has 18 heavy (non-hydrogen) atoms. The maximum Gasteiger partial charge on any atom is 0.210 e. The van der Waals surface area contributed by atoms with E-state index in [1.807, 2.05) is 44.2 Å². The Morgan fingerprint density at radius 1 is 1.28 bits per heavy atom. The number of ether oxygens (including phenoxy) is 1. The second-order valence-corrected chi connectivity index (χ2v) is 6.20. The first-order chi connectivity index (χ1) is 8.56. The van der Waals surface area contributed by atoms with Crippen LogP contribution in [0.5, 0.6) is 5.75 Å². The summed E-state index contributed by atoms with van der Waals surface area (Å²) in [7, 11) is 0. The first kappa shape index (κ1) is 13.3. The highest BCUT2D eigenvalue weighted by Gasteiger charge is 2.10. The highest BCUT2D eigenvalue weighted by atomic mass is 79.9. The maximum atomic E-state index is 11.9. The Bertz CT molecular complexity index is 575. The van der Waals surface area contributed by atoms with Crippen LogP contribution in [0.25, 0.3) is 0 Å². The summed E-state index contributed by atoms with van der Waals surface area (Å²) in [6.45, 7) is 4.06. The molecular weight excluding hydrogens is 312 g/mol. The van der Waals surface area contributed by atoms with Crippen LogP contribution in [0.4, 0.5) is 0 Å². The first-order valence-electron chi connectivity index (χ1n) is 5.55. The lowest BCUT2D eigenvalue weighted by Gasteiger charge is -2.07. The molecule has 2 rings (SSSR count). The summed E-state index contributed by atoms with van der Waals surface area (Å²) in [6.07, 6.45) is 0. The number of carbonyl (C=O) groups excluding carboxylic acids is 1. The molecule has 0 aliphatic carbocycles. The summed E-state index contributed by atoms with van der Waals surface area (Å²) in [5, 5.41) is 0. The molecule has 0 aliphatic rings. The van der Waals surface area contributed by atoms with Crippen LogP contribution in [0, 0.1) is 13.8 Å². The van der Waals surface area contributed by atoms with E-state index in [2.05, 4.69) is 15.9 Å². The zero-order chi connectivity index (χ0) is 13.1. The van der Waals surface area contributed by atoms with Gasteiger partial charge in [-0.2, -0.15) is 0 Å². The van der Waals surface area contributed by atoms with Gasteiger partial charge < -0.3 is 4.74 Å². The molecule has 1 aromatic carbocycles. The van der Waals surface area contributed by atoms with Gasteiger partial charge >= 0.3 is 0 Å². The van der Waals surface area contributed by atoms with Crippen LogP contribution in [0.2, 0.25) is 0 Å². The Hall–Kier alpha value is -1.13. The van der Waals surface area contributed by atoms with E-state index < -0.39 is 0 Å². The fourth-order valence-electron chi connectivity index (χ4n) is 1.52. The van der Waals surface area contributed by atoms with Gasteiger partial charge in [0, 0.05) is 4.88 Å². The molecule has 0 saturated carbocycles. The highest BCUT2D eigenvalue weighted by Crippen LogP contribution is 2.26. The summed E-state index contributed by atoms with van der Waals surface area (Å²) in [4.78, 5) is 13.8. The first-order valence-corrected chi connectivity index (χ1v) is 7.16. The number of hydrogen-bond donors (Lipinski definition) is 0. The van der Waals surface area contributed by atoms with E-state index in [4.69, 9.17) is 4.74 Å². The van der Waals surface area contributed by atoms with Crippen molar-refractivity contribution in [2.75, 3.05) is 6.61 Å². The van der Waals surface area contributed by atoms with Gasteiger partial charge in [-0.05, 0) is 59.6 Å². The van der Waals surface area contributed by atoms with Crippen molar-refractivity contribution in [1.82, 2.24) is 0 Å². The van der Waals surface area contributed by atoms with Crippen LogP contribution >= 0.6 is 27.3 Å². The monoisotopic (exact) mass is 324 g/mol. The van der Waals surface area contributed by atoms with Crippen molar-refractivity contribution in [2.24, 2.45) is 0 Å². The van der Waals surface area contributed by atoms with Gasteiger partial charge in [-0.1, -0.05) is 6.07 Å². The SMILES string of the molecule is Cc1ccc(OCC(=O)c2ccc(C)s2)c(Br)c1. The zero-order valence-electron chi connectivity index (χ0n) is 10.2. The molecule has 0 spiro atoms. The van der Waals surface area contributed by atoms with E-state index in [1.54, 1.807) is 0 Å². The summed E-state index contributed by atoms with van der Waals surface area (Å²) >= 11 is 4.92. The molecule has 0 radical (unpaired) electrons. The predicted octanol–water partition coefficient (Wildman–Crippen LogP) is 4.39. The second-order valence-electron chi connectivity index (χ2n) is 4.06. The summed E-state index contributed by atoms with van der Waals surface area (Å²) in [6, 6.07) is 9.58. The van der Waals surface area contributed by atoms with Crippen molar-refractivity contribution in [3.05, 3.63) is 50.1 Å². The average molecular weight is 325 g/mol. The number of thiophene rings is 1. The lowest BCUT2D eigenvalue weighted by Crippen LogP contribution is -2.10. The average Bonchev–Trinajstić information content (AvgIpc) is 2.74. The number of ketones is 1. The summed E-state index contributed by atoms with van der Waals surface area (Å²) < 4.78 is 6.40. The second kappa shape index (κ2) is 5.67. The van der Waals surface area contributed by atoms with Crippen LogP contribution in [0.15, 0.2) is 34.8 Å². The third-order valence-electron chi connectivity index (χ3n) is 2.46. The van der Waals surface area contributed by atoms with Crippen molar-refractivity contribution in [3.8, 4) is 5.75 Å². The van der Waals surface area contributed by atoms with Gasteiger partial charge in [0.1, 0.15) is 5.75 Å². The Kier molecular flexibility index (Phi) is 4.19. The van der Waals surface area contributed by atoms with Crippen LogP contribution in [0.1, 0.15) is 20.1 Å². The van der Waals surface area contributed by atoms with Crippen LogP contribution in [-0.4, -0.2) is 12.4 Å². The molecule has 1 aromatic heterocycles. The number of carbonyl (C=O) groups is 1. The van der Waals surface area contributed by atoms with Gasteiger partial charge in [0.15, 0.2) is 6.61 Å². The molecule has 2 nitrogen and oxygen atoms in total. The van der Waals surface area contributed by atoms with Crippen molar-refractivity contribution in [2.45, 2.75) is 13.8 Å². The topological polar surface area (TPSA) is 26.3 Å². The van der Waals surface area contributed by atoms with E-state index in [-0.39, 0.29) is 12.4 Å². The number of rotatable bonds is 4. The number of halogens is 1. The van der Waals surface area contributed by atoms with Crippen molar-refractivity contribution in [1.29, 1.82) is 0 Å². The molecule has 0 unspecified atom stereocenters. The largest absolute Gasteiger partial charge is 0.484 e. The van der Waals surface area contributed by atoms with Gasteiger partial charge in [-0.3, -0.25) is 4.79 Å². The standard InChI is InChI=1S/C14H13BrO2S/c1-9-3-5-13(11(15)7-9)17-8-12(16)14-6-4-10(2)18-14/h3-7H,8H2,1-2H3. The normalized spacial score (nSPS) is 10.4. The number of benzene rings is 1. The van der Waals surface area contributed by atoms with E-state index in [0.717, 1.165) is 19.8 Å². The molecule has 2 aromatic rings. The van der Waals surface area contributed by atoms with Gasteiger partial charge in [-0.15, -0.1) is 11.3 Å². The summed E-state index contributed by atoms with van der Waals surface area (Å²) in [5.41, 5.74) is 1.15. The molecule has 0 bridgehead atoms. The lowest BCUT2D eigenvalue weighted by atomic mass is 10.2.